The summed E-state index contributed by atoms with van der Waals surface area (Å²) in [5.74, 6) is 0.518. The second-order valence-corrected chi connectivity index (χ2v) is 7.00. The first-order chi connectivity index (χ1) is 11.9. The Balaban J connectivity index is 1.61. The number of aromatic nitrogens is 2. The molecule has 1 amide bonds. The normalized spacial score (nSPS) is 10.7. The van der Waals surface area contributed by atoms with Crippen LogP contribution in [-0.2, 0) is 13.6 Å². The Morgan fingerprint density at radius 1 is 1.32 bits per heavy atom. The van der Waals surface area contributed by atoms with Gasteiger partial charge in [-0.1, -0.05) is 23.7 Å². The van der Waals surface area contributed by atoms with Crippen LogP contribution in [0.2, 0.25) is 5.02 Å². The summed E-state index contributed by atoms with van der Waals surface area (Å²) in [6.07, 6.45) is 0. The van der Waals surface area contributed by atoms with Crippen LogP contribution in [0.3, 0.4) is 0 Å². The van der Waals surface area contributed by atoms with E-state index in [4.69, 9.17) is 16.3 Å². The summed E-state index contributed by atoms with van der Waals surface area (Å²) >= 11 is 7.70. The van der Waals surface area contributed by atoms with E-state index in [1.807, 2.05) is 42.6 Å². The lowest BCUT2D eigenvalue weighted by atomic mass is 10.2. The van der Waals surface area contributed by atoms with Gasteiger partial charge in [0.2, 0.25) is 0 Å². The summed E-state index contributed by atoms with van der Waals surface area (Å²) in [6.45, 7) is 4.20. The van der Waals surface area contributed by atoms with E-state index in [-0.39, 0.29) is 5.91 Å². The van der Waals surface area contributed by atoms with E-state index >= 15 is 0 Å². The van der Waals surface area contributed by atoms with Crippen LogP contribution in [0.1, 0.15) is 27.3 Å². The molecule has 0 spiro atoms. The molecule has 5 nitrogen and oxygen atoms in total. The minimum atomic E-state index is -0.248. The molecule has 130 valence electrons. The maximum absolute atomic E-state index is 12.3. The van der Waals surface area contributed by atoms with Gasteiger partial charge in [-0.25, -0.2) is 0 Å². The quantitative estimate of drug-likeness (QED) is 0.715. The molecule has 2 aromatic heterocycles. The van der Waals surface area contributed by atoms with Gasteiger partial charge in [0.05, 0.1) is 10.7 Å². The number of ether oxygens (including phenoxy) is 1. The van der Waals surface area contributed by atoms with Crippen molar-refractivity contribution < 1.29 is 9.53 Å². The summed E-state index contributed by atoms with van der Waals surface area (Å²) in [4.78, 5) is 12.3. The molecule has 0 bridgehead atoms. The standard InChI is InChI=1S/C18H18ClN3O2S/c1-11-8-15(25-10-11)24-14-6-4-13(5-7-14)9-20-18(23)17-16(19)12(2)21-22(17)3/h4-8,10H,9H2,1-3H3,(H,20,23). The van der Waals surface area contributed by atoms with Crippen LogP contribution >= 0.6 is 22.9 Å². The second kappa shape index (κ2) is 7.29. The predicted molar refractivity (Wildman–Crippen MR) is 99.7 cm³/mol. The third kappa shape index (κ3) is 4.03. The molecule has 1 aromatic carbocycles. The van der Waals surface area contributed by atoms with Crippen molar-refractivity contribution in [2.75, 3.05) is 0 Å². The van der Waals surface area contributed by atoms with Crippen molar-refractivity contribution in [2.45, 2.75) is 20.4 Å². The predicted octanol–water partition coefficient (Wildman–Crippen LogP) is 4.47. The monoisotopic (exact) mass is 375 g/mol. The minimum Gasteiger partial charge on any atom is -0.447 e. The second-order valence-electron chi connectivity index (χ2n) is 5.74. The van der Waals surface area contributed by atoms with Gasteiger partial charge in [0.15, 0.2) is 5.06 Å². The van der Waals surface area contributed by atoms with E-state index in [0.29, 0.717) is 23.0 Å². The zero-order valence-corrected chi connectivity index (χ0v) is 15.7. The van der Waals surface area contributed by atoms with Crippen LogP contribution in [0, 0.1) is 13.8 Å². The van der Waals surface area contributed by atoms with Crippen molar-refractivity contribution >= 4 is 28.8 Å². The molecule has 2 heterocycles. The number of nitrogens with zero attached hydrogens (tertiary/aromatic N) is 2. The Morgan fingerprint density at radius 3 is 2.60 bits per heavy atom. The lowest BCUT2D eigenvalue weighted by Gasteiger charge is -2.07. The number of thiophene rings is 1. The van der Waals surface area contributed by atoms with Gasteiger partial charge >= 0.3 is 0 Å². The Labute approximate surface area is 155 Å². The van der Waals surface area contributed by atoms with Crippen molar-refractivity contribution in [1.29, 1.82) is 0 Å². The maximum atomic E-state index is 12.3. The SMILES string of the molecule is Cc1csc(Oc2ccc(CNC(=O)c3c(Cl)c(C)nn3C)cc2)c1. The number of rotatable bonds is 5. The van der Waals surface area contributed by atoms with Gasteiger partial charge in [-0.15, -0.1) is 11.3 Å². The molecule has 7 heteroatoms. The van der Waals surface area contributed by atoms with Crippen LogP contribution in [0.5, 0.6) is 10.8 Å². The van der Waals surface area contributed by atoms with E-state index in [2.05, 4.69) is 10.4 Å². The summed E-state index contributed by atoms with van der Waals surface area (Å²) in [5.41, 5.74) is 3.16. The molecule has 0 aliphatic heterocycles. The maximum Gasteiger partial charge on any atom is 0.271 e. The van der Waals surface area contributed by atoms with Crippen molar-refractivity contribution in [3.05, 3.63) is 63.2 Å². The van der Waals surface area contributed by atoms with E-state index in [0.717, 1.165) is 16.4 Å². The van der Waals surface area contributed by atoms with Crippen molar-refractivity contribution in [1.82, 2.24) is 15.1 Å². The van der Waals surface area contributed by atoms with Crippen LogP contribution in [0.15, 0.2) is 35.7 Å². The Morgan fingerprint density at radius 2 is 2.04 bits per heavy atom. The first-order valence-electron chi connectivity index (χ1n) is 7.73. The summed E-state index contributed by atoms with van der Waals surface area (Å²) < 4.78 is 7.28. The number of amides is 1. The molecule has 0 unspecified atom stereocenters. The highest BCUT2D eigenvalue weighted by Gasteiger charge is 2.18. The van der Waals surface area contributed by atoms with Crippen LogP contribution in [0.4, 0.5) is 0 Å². The largest absolute Gasteiger partial charge is 0.447 e. The summed E-state index contributed by atoms with van der Waals surface area (Å²) in [5, 5.41) is 10.3. The fourth-order valence-corrected chi connectivity index (χ4v) is 3.41. The van der Waals surface area contributed by atoms with Crippen LogP contribution in [-0.4, -0.2) is 15.7 Å². The van der Waals surface area contributed by atoms with Gasteiger partial charge in [0.1, 0.15) is 11.4 Å². The van der Waals surface area contributed by atoms with Crippen molar-refractivity contribution in [3.63, 3.8) is 0 Å². The number of carbonyl (C=O) groups is 1. The third-order valence-corrected chi connectivity index (χ3v) is 5.04. The zero-order chi connectivity index (χ0) is 18.0. The number of hydrogen-bond donors (Lipinski definition) is 1. The molecule has 3 aromatic rings. The number of carbonyl (C=O) groups excluding carboxylic acids is 1. The van der Waals surface area contributed by atoms with E-state index in [1.165, 1.54) is 10.2 Å². The number of aryl methyl sites for hydroxylation is 3. The van der Waals surface area contributed by atoms with Gasteiger partial charge in [0, 0.05) is 13.6 Å². The average Bonchev–Trinajstić information content (AvgIpc) is 3.09. The summed E-state index contributed by atoms with van der Waals surface area (Å²) in [6, 6.07) is 9.62. The molecular formula is C18H18ClN3O2S. The molecule has 0 saturated carbocycles. The highest BCUT2D eigenvalue weighted by molar-refractivity contribution is 7.12. The smallest absolute Gasteiger partial charge is 0.271 e. The van der Waals surface area contributed by atoms with Gasteiger partial charge < -0.3 is 10.1 Å². The van der Waals surface area contributed by atoms with Crippen LogP contribution in [0.25, 0.3) is 0 Å². The van der Waals surface area contributed by atoms with Gasteiger partial charge in [-0.05, 0) is 48.6 Å². The number of halogens is 1. The molecule has 25 heavy (non-hydrogen) atoms. The number of nitrogens with one attached hydrogen (secondary N) is 1. The molecule has 0 atom stereocenters. The number of benzene rings is 1. The van der Waals surface area contributed by atoms with E-state index < -0.39 is 0 Å². The zero-order valence-electron chi connectivity index (χ0n) is 14.2. The lowest BCUT2D eigenvalue weighted by Crippen LogP contribution is -2.25. The Bertz CT molecular complexity index is 900. The summed E-state index contributed by atoms with van der Waals surface area (Å²) in [7, 11) is 1.70. The van der Waals surface area contributed by atoms with E-state index in [1.54, 1.807) is 25.3 Å². The molecule has 0 aliphatic rings. The lowest BCUT2D eigenvalue weighted by molar-refractivity contribution is 0.0941. The highest BCUT2D eigenvalue weighted by Crippen LogP contribution is 2.28. The third-order valence-electron chi connectivity index (χ3n) is 3.67. The highest BCUT2D eigenvalue weighted by atomic mass is 35.5. The van der Waals surface area contributed by atoms with Crippen molar-refractivity contribution in [3.8, 4) is 10.8 Å². The average molecular weight is 376 g/mol. The molecule has 0 aliphatic carbocycles. The van der Waals surface area contributed by atoms with Gasteiger partial charge in [0.25, 0.3) is 5.91 Å². The fraction of sp³-hybridized carbons (Fsp3) is 0.222. The van der Waals surface area contributed by atoms with E-state index in [9.17, 15) is 4.79 Å². The number of hydrogen-bond acceptors (Lipinski definition) is 4. The van der Waals surface area contributed by atoms with Gasteiger partial charge in [-0.3, -0.25) is 9.48 Å². The molecule has 3 rings (SSSR count). The first kappa shape index (κ1) is 17.5. The fourth-order valence-electron chi connectivity index (χ4n) is 2.39. The van der Waals surface area contributed by atoms with Crippen molar-refractivity contribution in [2.24, 2.45) is 7.05 Å². The molecule has 0 radical (unpaired) electrons. The van der Waals surface area contributed by atoms with Crippen LogP contribution < -0.4 is 10.1 Å². The Hall–Kier alpha value is -2.31. The molecule has 1 N–H and O–H groups in total. The first-order valence-corrected chi connectivity index (χ1v) is 8.99. The van der Waals surface area contributed by atoms with Gasteiger partial charge in [-0.2, -0.15) is 5.10 Å². The molecule has 0 fully saturated rings. The minimum absolute atomic E-state index is 0.248. The topological polar surface area (TPSA) is 56.1 Å². The molecular weight excluding hydrogens is 358 g/mol. The molecule has 0 saturated heterocycles. The Kier molecular flexibility index (Phi) is 5.11.